The van der Waals surface area contributed by atoms with Crippen molar-refractivity contribution < 1.29 is 24.5 Å². The molecule has 0 aromatic carbocycles. The van der Waals surface area contributed by atoms with Gasteiger partial charge in [-0.05, 0) is 20.3 Å². The highest BCUT2D eigenvalue weighted by Crippen LogP contribution is 2.11. The van der Waals surface area contributed by atoms with E-state index in [0.717, 1.165) is 0 Å². The first-order valence-corrected chi connectivity index (χ1v) is 6.48. The van der Waals surface area contributed by atoms with Crippen molar-refractivity contribution in [2.45, 2.75) is 32.4 Å². The maximum absolute atomic E-state index is 12.3. The fraction of sp³-hybridized carbons (Fsp3) is 0.833. The Bertz CT molecular complexity index is 321. The molecule has 1 rings (SSSR count). The van der Waals surface area contributed by atoms with Crippen LogP contribution in [0.25, 0.3) is 0 Å². The number of amides is 2. The maximum Gasteiger partial charge on any atom is 0.334 e. The van der Waals surface area contributed by atoms with Crippen molar-refractivity contribution in [2.24, 2.45) is 0 Å². The average Bonchev–Trinajstić information content (AvgIpc) is 2.38. The number of rotatable bonds is 5. The van der Waals surface area contributed by atoms with Crippen molar-refractivity contribution in [1.82, 2.24) is 9.80 Å². The van der Waals surface area contributed by atoms with Crippen LogP contribution in [0.5, 0.6) is 0 Å². The number of aliphatic hydroxyl groups excluding tert-OH is 1. The normalized spacial score (nSPS) is 19.6. The Morgan fingerprint density at radius 2 is 2.16 bits per heavy atom. The Balaban J connectivity index is 2.65. The van der Waals surface area contributed by atoms with Crippen LogP contribution in [0.1, 0.15) is 20.3 Å². The maximum atomic E-state index is 12.3. The van der Waals surface area contributed by atoms with E-state index in [2.05, 4.69) is 0 Å². The highest BCUT2D eigenvalue weighted by atomic mass is 16.5. The molecule has 0 aromatic heterocycles. The Morgan fingerprint density at radius 1 is 1.47 bits per heavy atom. The third-order valence-corrected chi connectivity index (χ3v) is 3.04. The van der Waals surface area contributed by atoms with Gasteiger partial charge in [0.25, 0.3) is 0 Å². The number of ether oxygens (including phenoxy) is 1. The molecule has 1 fully saturated rings. The van der Waals surface area contributed by atoms with Crippen molar-refractivity contribution in [3.63, 3.8) is 0 Å². The molecule has 1 heterocycles. The van der Waals surface area contributed by atoms with Gasteiger partial charge in [0.2, 0.25) is 0 Å². The van der Waals surface area contributed by atoms with Gasteiger partial charge in [0.1, 0.15) is 0 Å². The molecule has 2 amide bonds. The summed E-state index contributed by atoms with van der Waals surface area (Å²) in [5.74, 6) is -1.05. The molecule has 0 radical (unpaired) electrons. The summed E-state index contributed by atoms with van der Waals surface area (Å²) in [5, 5.41) is 17.8. The lowest BCUT2D eigenvalue weighted by atomic mass is 10.2. The van der Waals surface area contributed by atoms with E-state index in [4.69, 9.17) is 14.9 Å². The van der Waals surface area contributed by atoms with Crippen molar-refractivity contribution >= 4 is 12.0 Å². The summed E-state index contributed by atoms with van der Waals surface area (Å²) in [6.45, 7) is 4.96. The smallest absolute Gasteiger partial charge is 0.334 e. The number of carboxylic acid groups (broad SMARTS) is 1. The molecule has 19 heavy (non-hydrogen) atoms. The monoisotopic (exact) mass is 274 g/mol. The number of carbonyl (C=O) groups excluding carboxylic acids is 1. The Morgan fingerprint density at radius 3 is 2.68 bits per heavy atom. The molecule has 7 nitrogen and oxygen atoms in total. The molecule has 1 unspecified atom stereocenters. The number of aliphatic hydroxyl groups is 1. The van der Waals surface area contributed by atoms with Crippen LogP contribution in [0, 0.1) is 0 Å². The molecule has 1 atom stereocenters. The molecule has 7 heteroatoms. The molecule has 0 aliphatic carbocycles. The van der Waals surface area contributed by atoms with E-state index in [9.17, 15) is 9.59 Å². The van der Waals surface area contributed by atoms with Crippen LogP contribution in [-0.4, -0.2) is 77.0 Å². The second kappa shape index (κ2) is 7.30. The first kappa shape index (κ1) is 15.7. The van der Waals surface area contributed by atoms with Gasteiger partial charge in [-0.2, -0.15) is 0 Å². The summed E-state index contributed by atoms with van der Waals surface area (Å²) >= 11 is 0. The molecule has 2 N–H and O–H groups in total. The van der Waals surface area contributed by atoms with Gasteiger partial charge in [0.15, 0.2) is 6.10 Å². The summed E-state index contributed by atoms with van der Waals surface area (Å²) in [6.07, 6.45) is -0.444. The lowest BCUT2D eigenvalue weighted by Crippen LogP contribution is -2.54. The van der Waals surface area contributed by atoms with Crippen LogP contribution in [0.2, 0.25) is 0 Å². The molecular weight excluding hydrogens is 252 g/mol. The summed E-state index contributed by atoms with van der Waals surface area (Å²) in [6, 6.07) is -0.192. The third-order valence-electron chi connectivity index (χ3n) is 3.04. The third kappa shape index (κ3) is 4.36. The van der Waals surface area contributed by atoms with Crippen LogP contribution in [0.15, 0.2) is 0 Å². The molecule has 110 valence electrons. The summed E-state index contributed by atoms with van der Waals surface area (Å²) in [5.41, 5.74) is 0. The summed E-state index contributed by atoms with van der Waals surface area (Å²) in [7, 11) is 0. The highest BCUT2D eigenvalue weighted by Gasteiger charge is 2.31. The van der Waals surface area contributed by atoms with Crippen LogP contribution in [-0.2, 0) is 9.53 Å². The van der Waals surface area contributed by atoms with Gasteiger partial charge in [0, 0.05) is 25.7 Å². The molecule has 0 saturated carbocycles. The van der Waals surface area contributed by atoms with E-state index in [-0.39, 0.29) is 31.8 Å². The predicted octanol–water partition coefficient (Wildman–Crippen LogP) is -0.0154. The number of aliphatic carboxylic acids is 1. The quantitative estimate of drug-likeness (QED) is 0.735. The minimum Gasteiger partial charge on any atom is -0.479 e. The zero-order valence-corrected chi connectivity index (χ0v) is 11.4. The second-order valence-electron chi connectivity index (χ2n) is 4.79. The van der Waals surface area contributed by atoms with Gasteiger partial charge in [-0.15, -0.1) is 0 Å². The number of nitrogens with zero attached hydrogens (tertiary/aromatic N) is 2. The van der Waals surface area contributed by atoms with Crippen molar-refractivity contribution in [3.8, 4) is 0 Å². The van der Waals surface area contributed by atoms with Crippen molar-refractivity contribution in [3.05, 3.63) is 0 Å². The standard InChI is InChI=1S/C12H22N2O5/c1-9(2)14(4-3-6-15)12(18)13-5-7-19-10(8-13)11(16)17/h9-10,15H,3-8H2,1-2H3,(H,16,17). The van der Waals surface area contributed by atoms with Crippen molar-refractivity contribution in [2.75, 3.05) is 32.8 Å². The molecule has 1 aliphatic rings. The molecule has 1 saturated heterocycles. The van der Waals surface area contributed by atoms with E-state index in [1.807, 2.05) is 13.8 Å². The second-order valence-corrected chi connectivity index (χ2v) is 4.79. The first-order chi connectivity index (χ1) is 8.97. The Hall–Kier alpha value is -1.34. The first-order valence-electron chi connectivity index (χ1n) is 6.48. The fourth-order valence-electron chi connectivity index (χ4n) is 1.97. The lowest BCUT2D eigenvalue weighted by Gasteiger charge is -2.36. The van der Waals surface area contributed by atoms with Gasteiger partial charge in [-0.1, -0.05) is 0 Å². The van der Waals surface area contributed by atoms with Crippen molar-refractivity contribution in [1.29, 1.82) is 0 Å². The minimum atomic E-state index is -1.05. The largest absolute Gasteiger partial charge is 0.479 e. The fourth-order valence-corrected chi connectivity index (χ4v) is 1.97. The number of carbonyl (C=O) groups is 2. The molecule has 0 spiro atoms. The van der Waals surface area contributed by atoms with Gasteiger partial charge in [0.05, 0.1) is 13.2 Å². The number of hydrogen-bond acceptors (Lipinski definition) is 4. The van der Waals surface area contributed by atoms with E-state index < -0.39 is 12.1 Å². The van der Waals surface area contributed by atoms with Gasteiger partial charge < -0.3 is 24.7 Å². The predicted molar refractivity (Wildman–Crippen MR) is 67.9 cm³/mol. The van der Waals surface area contributed by atoms with Gasteiger partial charge in [-0.25, -0.2) is 9.59 Å². The number of carboxylic acids is 1. The summed E-state index contributed by atoms with van der Waals surface area (Å²) < 4.78 is 5.09. The zero-order valence-electron chi connectivity index (χ0n) is 11.4. The zero-order chi connectivity index (χ0) is 14.4. The summed E-state index contributed by atoms with van der Waals surface area (Å²) in [4.78, 5) is 26.4. The topological polar surface area (TPSA) is 90.3 Å². The molecule has 0 aromatic rings. The lowest BCUT2D eigenvalue weighted by molar-refractivity contribution is -0.154. The minimum absolute atomic E-state index is 0.00479. The number of urea groups is 1. The van der Waals surface area contributed by atoms with Crippen LogP contribution >= 0.6 is 0 Å². The average molecular weight is 274 g/mol. The van der Waals surface area contributed by atoms with E-state index >= 15 is 0 Å². The van der Waals surface area contributed by atoms with Crippen LogP contribution in [0.4, 0.5) is 4.79 Å². The van der Waals surface area contributed by atoms with Crippen LogP contribution < -0.4 is 0 Å². The Labute approximate surface area is 112 Å². The SMILES string of the molecule is CC(C)N(CCCO)C(=O)N1CCOC(C(=O)O)C1. The van der Waals surface area contributed by atoms with Gasteiger partial charge >= 0.3 is 12.0 Å². The Kier molecular flexibility index (Phi) is 6.04. The van der Waals surface area contributed by atoms with E-state index in [1.54, 1.807) is 4.90 Å². The molecule has 0 bridgehead atoms. The van der Waals surface area contributed by atoms with Gasteiger partial charge in [-0.3, -0.25) is 0 Å². The number of morpholine rings is 1. The van der Waals surface area contributed by atoms with E-state index in [0.29, 0.717) is 19.5 Å². The molecular formula is C12H22N2O5. The molecule has 1 aliphatic heterocycles. The van der Waals surface area contributed by atoms with Crippen LogP contribution in [0.3, 0.4) is 0 Å². The number of hydrogen-bond donors (Lipinski definition) is 2. The highest BCUT2D eigenvalue weighted by molar-refractivity contribution is 5.77. The van der Waals surface area contributed by atoms with E-state index in [1.165, 1.54) is 4.90 Å².